The average Bonchev–Trinajstić information content (AvgIpc) is 2.71. The van der Waals surface area contributed by atoms with Crippen molar-refractivity contribution in [3.8, 4) is 0 Å². The monoisotopic (exact) mass is 231 g/mol. The molecule has 0 aliphatic rings. The van der Waals surface area contributed by atoms with E-state index < -0.39 is 11.7 Å². The first-order valence-electron chi connectivity index (χ1n) is 4.76. The second-order valence-corrected chi connectivity index (χ2v) is 3.33. The molecule has 86 valence electrons. The lowest BCUT2D eigenvalue weighted by Gasteiger charge is -1.96. The predicted octanol–water partition coefficient (Wildman–Crippen LogP) is 0.587. The van der Waals surface area contributed by atoms with Crippen LogP contribution in [0, 0.1) is 0 Å². The number of nitrogens with zero attached hydrogens (tertiary/aromatic N) is 1. The third-order valence-corrected chi connectivity index (χ3v) is 2.20. The fourth-order valence-electron chi connectivity index (χ4n) is 1.36. The van der Waals surface area contributed by atoms with Crippen LogP contribution in [0.5, 0.6) is 0 Å². The number of primary amides is 1. The van der Waals surface area contributed by atoms with E-state index in [4.69, 9.17) is 16.0 Å². The molecular weight excluding hydrogens is 222 g/mol. The summed E-state index contributed by atoms with van der Waals surface area (Å²) in [7, 11) is 0. The van der Waals surface area contributed by atoms with Gasteiger partial charge in [0.15, 0.2) is 5.69 Å². The largest absolute Gasteiger partial charge is 0.393 e. The molecule has 1 aromatic heterocycles. The van der Waals surface area contributed by atoms with Crippen molar-refractivity contribution in [3.05, 3.63) is 47.3 Å². The second kappa shape index (κ2) is 4.09. The minimum atomic E-state index is -0.835. The Morgan fingerprint density at radius 1 is 1.18 bits per heavy atom. The van der Waals surface area contributed by atoms with Crippen LogP contribution in [0.2, 0.25) is 0 Å². The molecule has 0 radical (unpaired) electrons. The molecule has 6 heteroatoms. The lowest BCUT2D eigenvalue weighted by atomic mass is 10.1. The van der Waals surface area contributed by atoms with Crippen molar-refractivity contribution >= 4 is 17.4 Å². The van der Waals surface area contributed by atoms with Gasteiger partial charge in [-0.2, -0.15) is 0 Å². The minimum absolute atomic E-state index is 0.133. The molecule has 1 aromatic carbocycles. The SMILES string of the molecule is NC(=O)c1noc(C(=O)c2ccccc2)c1N. The van der Waals surface area contributed by atoms with E-state index in [1.807, 2.05) is 0 Å². The maximum absolute atomic E-state index is 11.9. The molecule has 1 amide bonds. The Hall–Kier alpha value is -2.63. The number of nitrogens with two attached hydrogens (primary N) is 2. The molecule has 2 rings (SSSR count). The molecule has 0 aliphatic carbocycles. The van der Waals surface area contributed by atoms with Crippen molar-refractivity contribution in [1.29, 1.82) is 0 Å². The highest BCUT2D eigenvalue weighted by molar-refractivity contribution is 6.12. The first-order valence-corrected chi connectivity index (χ1v) is 4.76. The van der Waals surface area contributed by atoms with E-state index in [1.54, 1.807) is 30.3 Å². The number of amides is 1. The summed E-state index contributed by atoms with van der Waals surface area (Å²) < 4.78 is 4.75. The third-order valence-electron chi connectivity index (χ3n) is 2.20. The molecule has 17 heavy (non-hydrogen) atoms. The molecule has 0 saturated carbocycles. The molecule has 6 nitrogen and oxygen atoms in total. The first-order chi connectivity index (χ1) is 8.11. The molecule has 0 fully saturated rings. The Kier molecular flexibility index (Phi) is 2.61. The summed E-state index contributed by atoms with van der Waals surface area (Å²) in [5.41, 5.74) is 10.6. The van der Waals surface area contributed by atoms with E-state index in [2.05, 4.69) is 5.16 Å². The summed E-state index contributed by atoms with van der Waals surface area (Å²) in [6, 6.07) is 8.39. The van der Waals surface area contributed by atoms with Crippen LogP contribution in [0.1, 0.15) is 26.6 Å². The van der Waals surface area contributed by atoms with Crippen LogP contribution in [0.3, 0.4) is 0 Å². The molecule has 0 aliphatic heterocycles. The summed E-state index contributed by atoms with van der Waals surface area (Å²) in [6.07, 6.45) is 0. The normalized spacial score (nSPS) is 10.1. The van der Waals surface area contributed by atoms with Gasteiger partial charge in [-0.3, -0.25) is 9.59 Å². The fourth-order valence-corrected chi connectivity index (χ4v) is 1.36. The van der Waals surface area contributed by atoms with Crippen molar-refractivity contribution in [2.75, 3.05) is 5.73 Å². The highest BCUT2D eigenvalue weighted by Crippen LogP contribution is 2.19. The van der Waals surface area contributed by atoms with Crippen molar-refractivity contribution < 1.29 is 14.1 Å². The fraction of sp³-hybridized carbons (Fsp3) is 0. The van der Waals surface area contributed by atoms with Crippen molar-refractivity contribution in [3.63, 3.8) is 0 Å². The average molecular weight is 231 g/mol. The van der Waals surface area contributed by atoms with Gasteiger partial charge >= 0.3 is 0 Å². The highest BCUT2D eigenvalue weighted by Gasteiger charge is 2.23. The summed E-state index contributed by atoms with van der Waals surface area (Å²) in [4.78, 5) is 22.8. The Labute approximate surface area is 96.2 Å². The number of rotatable bonds is 3. The third kappa shape index (κ3) is 1.87. The lowest BCUT2D eigenvalue weighted by Crippen LogP contribution is -2.14. The number of ketones is 1. The number of aromatic nitrogens is 1. The molecular formula is C11H9N3O3. The standard InChI is InChI=1S/C11H9N3O3/c12-7-8(11(13)16)14-17-10(7)9(15)6-4-2-1-3-5-6/h1-5H,12H2,(H2,13,16). The summed E-state index contributed by atoms with van der Waals surface area (Å²) in [5, 5.41) is 3.37. The van der Waals surface area contributed by atoms with Gasteiger partial charge in [-0.05, 0) is 0 Å². The van der Waals surface area contributed by atoms with Gasteiger partial charge in [0.05, 0.1) is 0 Å². The van der Waals surface area contributed by atoms with E-state index in [9.17, 15) is 9.59 Å². The molecule has 0 atom stereocenters. The first kappa shape index (κ1) is 10.9. The zero-order chi connectivity index (χ0) is 12.4. The van der Waals surface area contributed by atoms with E-state index in [0.29, 0.717) is 5.56 Å². The van der Waals surface area contributed by atoms with E-state index in [-0.39, 0.29) is 17.1 Å². The van der Waals surface area contributed by atoms with Crippen LogP contribution in [0.15, 0.2) is 34.9 Å². The maximum Gasteiger partial charge on any atom is 0.273 e. The summed E-state index contributed by atoms with van der Waals surface area (Å²) in [5.74, 6) is -1.45. The molecule has 0 unspecified atom stereocenters. The van der Waals surface area contributed by atoms with Gasteiger partial charge in [0.2, 0.25) is 11.5 Å². The van der Waals surface area contributed by atoms with Gasteiger partial charge in [-0.25, -0.2) is 0 Å². The van der Waals surface area contributed by atoms with Crippen LogP contribution >= 0.6 is 0 Å². The lowest BCUT2D eigenvalue weighted by molar-refractivity contribution is 0.0979. The molecule has 4 N–H and O–H groups in total. The van der Waals surface area contributed by atoms with Crippen molar-refractivity contribution in [1.82, 2.24) is 5.16 Å². The Morgan fingerprint density at radius 3 is 2.35 bits per heavy atom. The van der Waals surface area contributed by atoms with Crippen molar-refractivity contribution in [2.24, 2.45) is 5.73 Å². The number of hydrogen-bond donors (Lipinski definition) is 2. The van der Waals surface area contributed by atoms with Crippen LogP contribution in [0.25, 0.3) is 0 Å². The number of carbonyl (C=O) groups is 2. The van der Waals surface area contributed by atoms with Crippen LogP contribution in [-0.2, 0) is 0 Å². The summed E-state index contributed by atoms with van der Waals surface area (Å²) >= 11 is 0. The molecule has 0 bridgehead atoms. The smallest absolute Gasteiger partial charge is 0.273 e. The van der Waals surface area contributed by atoms with Crippen LogP contribution < -0.4 is 11.5 Å². The maximum atomic E-state index is 11.9. The summed E-state index contributed by atoms with van der Waals surface area (Å²) in [6.45, 7) is 0. The van der Waals surface area contributed by atoms with Gasteiger partial charge in [0.25, 0.3) is 5.91 Å². The van der Waals surface area contributed by atoms with Gasteiger partial charge in [0, 0.05) is 5.56 Å². The minimum Gasteiger partial charge on any atom is -0.393 e. The van der Waals surface area contributed by atoms with Crippen LogP contribution in [0.4, 0.5) is 5.69 Å². The molecule has 0 saturated heterocycles. The molecule has 2 aromatic rings. The number of anilines is 1. The quantitative estimate of drug-likeness (QED) is 0.750. The second-order valence-electron chi connectivity index (χ2n) is 3.33. The van der Waals surface area contributed by atoms with Crippen molar-refractivity contribution in [2.45, 2.75) is 0 Å². The Bertz CT molecular complexity index is 575. The van der Waals surface area contributed by atoms with Gasteiger partial charge in [0.1, 0.15) is 5.69 Å². The van der Waals surface area contributed by atoms with E-state index in [0.717, 1.165) is 0 Å². The van der Waals surface area contributed by atoms with Crippen LogP contribution in [-0.4, -0.2) is 16.8 Å². The zero-order valence-corrected chi connectivity index (χ0v) is 8.71. The Morgan fingerprint density at radius 2 is 1.82 bits per heavy atom. The number of carbonyl (C=O) groups excluding carboxylic acids is 2. The topological polar surface area (TPSA) is 112 Å². The highest BCUT2D eigenvalue weighted by atomic mass is 16.5. The van der Waals surface area contributed by atoms with E-state index in [1.165, 1.54) is 0 Å². The molecule has 0 spiro atoms. The Balaban J connectivity index is 2.42. The number of hydrogen-bond acceptors (Lipinski definition) is 5. The number of nitrogen functional groups attached to an aromatic ring is 1. The van der Waals surface area contributed by atoms with E-state index >= 15 is 0 Å². The number of benzene rings is 1. The van der Waals surface area contributed by atoms with Gasteiger partial charge in [-0.15, -0.1) is 0 Å². The van der Waals surface area contributed by atoms with Gasteiger partial charge < -0.3 is 16.0 Å². The molecule has 1 heterocycles. The van der Waals surface area contributed by atoms with Gasteiger partial charge in [-0.1, -0.05) is 35.5 Å². The zero-order valence-electron chi connectivity index (χ0n) is 8.71. The predicted molar refractivity (Wildman–Crippen MR) is 59.3 cm³/mol.